The number of hydrogen-bond acceptors (Lipinski definition) is 2. The first-order chi connectivity index (χ1) is 10.7. The SMILES string of the molecule is O=CN(Cc1c[c]cc2[nH]ccc12)c1ccccc1C(=O)O. The summed E-state index contributed by atoms with van der Waals surface area (Å²) in [5.74, 6) is -1.06. The Balaban J connectivity index is 2.01. The number of fused-ring (bicyclic) bond motifs is 1. The number of carbonyl (C=O) groups is 2. The number of nitrogens with one attached hydrogen (secondary N) is 1. The maximum Gasteiger partial charge on any atom is 0.337 e. The fraction of sp³-hybridized carbons (Fsp3) is 0.0588. The molecule has 1 heterocycles. The van der Waals surface area contributed by atoms with Gasteiger partial charge in [-0.25, -0.2) is 4.79 Å². The van der Waals surface area contributed by atoms with Crippen molar-refractivity contribution in [3.8, 4) is 0 Å². The molecule has 0 bridgehead atoms. The van der Waals surface area contributed by atoms with Gasteiger partial charge in [-0.2, -0.15) is 0 Å². The van der Waals surface area contributed by atoms with Crippen molar-refractivity contribution < 1.29 is 14.7 Å². The topological polar surface area (TPSA) is 73.4 Å². The predicted molar refractivity (Wildman–Crippen MR) is 82.8 cm³/mol. The lowest BCUT2D eigenvalue weighted by molar-refractivity contribution is -0.107. The van der Waals surface area contributed by atoms with Gasteiger partial charge in [0.25, 0.3) is 0 Å². The van der Waals surface area contributed by atoms with Crippen LogP contribution in [-0.2, 0) is 11.3 Å². The van der Waals surface area contributed by atoms with Crippen molar-refractivity contribution >= 4 is 29.0 Å². The van der Waals surface area contributed by atoms with Crippen LogP contribution in [-0.4, -0.2) is 22.5 Å². The third-order valence-corrected chi connectivity index (χ3v) is 3.52. The highest BCUT2D eigenvalue weighted by Crippen LogP contribution is 2.24. The van der Waals surface area contributed by atoms with E-state index in [1.807, 2.05) is 18.3 Å². The van der Waals surface area contributed by atoms with E-state index in [4.69, 9.17) is 0 Å². The second-order valence-electron chi connectivity index (χ2n) is 4.84. The Labute approximate surface area is 126 Å². The van der Waals surface area contributed by atoms with Gasteiger partial charge in [-0.05, 0) is 42.0 Å². The van der Waals surface area contributed by atoms with Crippen LogP contribution in [0.3, 0.4) is 0 Å². The van der Waals surface area contributed by atoms with Crippen LogP contribution in [0.2, 0.25) is 0 Å². The molecule has 5 nitrogen and oxygen atoms in total. The highest BCUT2D eigenvalue weighted by Gasteiger charge is 2.16. The van der Waals surface area contributed by atoms with Crippen LogP contribution in [0.1, 0.15) is 15.9 Å². The van der Waals surface area contributed by atoms with Crippen molar-refractivity contribution in [2.45, 2.75) is 6.54 Å². The molecule has 1 amide bonds. The molecule has 0 spiro atoms. The number of amides is 1. The van der Waals surface area contributed by atoms with Crippen LogP contribution in [0, 0.1) is 6.07 Å². The summed E-state index contributed by atoms with van der Waals surface area (Å²) in [7, 11) is 0. The van der Waals surface area contributed by atoms with Crippen LogP contribution < -0.4 is 4.90 Å². The van der Waals surface area contributed by atoms with Crippen molar-refractivity contribution in [1.29, 1.82) is 0 Å². The molecule has 1 radical (unpaired) electrons. The van der Waals surface area contributed by atoms with Crippen LogP contribution in [0.5, 0.6) is 0 Å². The molecule has 0 fully saturated rings. The third kappa shape index (κ3) is 2.44. The van der Waals surface area contributed by atoms with E-state index in [1.165, 1.54) is 11.0 Å². The Bertz CT molecular complexity index is 839. The number of aromatic carboxylic acids is 1. The van der Waals surface area contributed by atoms with Gasteiger partial charge >= 0.3 is 5.97 Å². The largest absolute Gasteiger partial charge is 0.478 e. The summed E-state index contributed by atoms with van der Waals surface area (Å²) < 4.78 is 0. The molecule has 0 saturated heterocycles. The molecule has 0 saturated carbocycles. The lowest BCUT2D eigenvalue weighted by Gasteiger charge is -2.20. The zero-order valence-electron chi connectivity index (χ0n) is 11.6. The summed E-state index contributed by atoms with van der Waals surface area (Å²) >= 11 is 0. The number of benzene rings is 2. The van der Waals surface area contributed by atoms with E-state index in [9.17, 15) is 14.7 Å². The molecule has 109 valence electrons. The zero-order valence-corrected chi connectivity index (χ0v) is 11.6. The predicted octanol–water partition coefficient (Wildman–Crippen LogP) is 2.83. The lowest BCUT2D eigenvalue weighted by Crippen LogP contribution is -2.22. The summed E-state index contributed by atoms with van der Waals surface area (Å²) in [5, 5.41) is 10.2. The molecule has 5 heteroatoms. The smallest absolute Gasteiger partial charge is 0.337 e. The Morgan fingerprint density at radius 3 is 2.86 bits per heavy atom. The molecule has 1 aromatic heterocycles. The van der Waals surface area contributed by atoms with Gasteiger partial charge in [0.1, 0.15) is 0 Å². The second kappa shape index (κ2) is 5.73. The number of aromatic amines is 1. The fourth-order valence-electron chi connectivity index (χ4n) is 2.48. The van der Waals surface area contributed by atoms with E-state index in [-0.39, 0.29) is 12.1 Å². The molecule has 2 aromatic carbocycles. The summed E-state index contributed by atoms with van der Waals surface area (Å²) in [6.45, 7) is 0.277. The molecular weight excluding hydrogens is 280 g/mol. The van der Waals surface area contributed by atoms with E-state index in [0.29, 0.717) is 12.1 Å². The minimum absolute atomic E-state index is 0.0971. The number of carboxylic acid groups (broad SMARTS) is 1. The third-order valence-electron chi connectivity index (χ3n) is 3.52. The van der Waals surface area contributed by atoms with Gasteiger partial charge in [0.2, 0.25) is 6.41 Å². The summed E-state index contributed by atoms with van der Waals surface area (Å²) in [4.78, 5) is 27.3. The summed E-state index contributed by atoms with van der Waals surface area (Å²) in [5.41, 5.74) is 2.29. The van der Waals surface area contributed by atoms with Gasteiger partial charge in [-0.3, -0.25) is 4.79 Å². The van der Waals surface area contributed by atoms with Gasteiger partial charge in [0.05, 0.1) is 17.8 Å². The minimum Gasteiger partial charge on any atom is -0.478 e. The Hall–Kier alpha value is -3.08. The van der Waals surface area contributed by atoms with E-state index in [1.54, 1.807) is 24.3 Å². The fourth-order valence-corrected chi connectivity index (χ4v) is 2.48. The highest BCUT2D eigenvalue weighted by molar-refractivity contribution is 5.97. The average molecular weight is 293 g/mol. The molecule has 0 aliphatic carbocycles. The molecule has 0 aliphatic heterocycles. The van der Waals surface area contributed by atoms with Gasteiger partial charge in [0, 0.05) is 17.1 Å². The second-order valence-corrected chi connectivity index (χ2v) is 4.84. The maximum atomic E-state index is 11.5. The van der Waals surface area contributed by atoms with Crippen molar-refractivity contribution in [2.75, 3.05) is 4.90 Å². The quantitative estimate of drug-likeness (QED) is 0.710. The van der Waals surface area contributed by atoms with Gasteiger partial charge in [0.15, 0.2) is 0 Å². The molecule has 2 N–H and O–H groups in total. The summed E-state index contributed by atoms with van der Waals surface area (Å²) in [6.07, 6.45) is 2.46. The van der Waals surface area contributed by atoms with Crippen LogP contribution in [0.4, 0.5) is 5.69 Å². The molecular formula is C17H13N2O3. The Morgan fingerprint density at radius 2 is 2.09 bits per heavy atom. The number of para-hydroxylation sites is 1. The van der Waals surface area contributed by atoms with Crippen LogP contribution in [0.15, 0.2) is 48.7 Å². The Kier molecular flexibility index (Phi) is 3.62. The lowest BCUT2D eigenvalue weighted by atomic mass is 10.1. The Morgan fingerprint density at radius 1 is 1.27 bits per heavy atom. The molecule has 22 heavy (non-hydrogen) atoms. The zero-order chi connectivity index (χ0) is 15.5. The monoisotopic (exact) mass is 293 g/mol. The van der Waals surface area contributed by atoms with Crippen molar-refractivity contribution in [1.82, 2.24) is 4.98 Å². The molecule has 0 aliphatic rings. The number of aromatic nitrogens is 1. The first kappa shape index (κ1) is 13.9. The van der Waals surface area contributed by atoms with E-state index in [0.717, 1.165) is 16.5 Å². The molecule has 0 atom stereocenters. The van der Waals surface area contributed by atoms with Crippen molar-refractivity contribution in [3.63, 3.8) is 0 Å². The average Bonchev–Trinajstić information content (AvgIpc) is 3.02. The number of nitrogens with zero attached hydrogens (tertiary/aromatic N) is 1. The minimum atomic E-state index is -1.06. The number of rotatable bonds is 5. The van der Waals surface area contributed by atoms with E-state index >= 15 is 0 Å². The number of carboxylic acids is 1. The number of anilines is 1. The first-order valence-corrected chi connectivity index (χ1v) is 6.71. The van der Waals surface area contributed by atoms with Gasteiger partial charge < -0.3 is 15.0 Å². The molecule has 3 rings (SSSR count). The number of hydrogen-bond donors (Lipinski definition) is 2. The normalized spacial score (nSPS) is 10.5. The first-order valence-electron chi connectivity index (χ1n) is 6.71. The van der Waals surface area contributed by atoms with Crippen LogP contribution >= 0.6 is 0 Å². The molecule has 3 aromatic rings. The maximum absolute atomic E-state index is 11.5. The van der Waals surface area contributed by atoms with Gasteiger partial charge in [-0.1, -0.05) is 12.1 Å². The van der Waals surface area contributed by atoms with E-state index in [2.05, 4.69) is 11.1 Å². The standard InChI is InChI=1S/C17H13N2O3/c20-11-19(16-7-2-1-5-14(16)17(21)22)10-12-4-3-6-15-13(12)8-9-18-15/h1-2,4-9,11,18H,10H2,(H,21,22). The van der Waals surface area contributed by atoms with Gasteiger partial charge in [-0.15, -0.1) is 0 Å². The summed E-state index contributed by atoms with van der Waals surface area (Å²) in [6, 6.07) is 15.0. The molecule has 0 unspecified atom stereocenters. The highest BCUT2D eigenvalue weighted by atomic mass is 16.4. The van der Waals surface area contributed by atoms with Crippen molar-refractivity contribution in [3.05, 3.63) is 65.9 Å². The number of H-pyrrole nitrogens is 1. The number of carbonyl (C=O) groups excluding carboxylic acids is 1. The van der Waals surface area contributed by atoms with Crippen molar-refractivity contribution in [2.24, 2.45) is 0 Å². The van der Waals surface area contributed by atoms with Crippen LogP contribution in [0.25, 0.3) is 10.9 Å². The van der Waals surface area contributed by atoms with E-state index < -0.39 is 5.97 Å².